The molecule has 2 heterocycles. The summed E-state index contributed by atoms with van der Waals surface area (Å²) in [5, 5.41) is 10.6. The van der Waals surface area contributed by atoms with E-state index in [9.17, 15) is 9.90 Å². The third-order valence-electron chi connectivity index (χ3n) is 4.31. The molecule has 0 fully saturated rings. The first kappa shape index (κ1) is 16.8. The molecule has 1 aromatic heterocycles. The van der Waals surface area contributed by atoms with Gasteiger partial charge in [0.1, 0.15) is 5.82 Å². The van der Waals surface area contributed by atoms with Crippen LogP contribution in [0.4, 0.5) is 0 Å². The SMILES string of the molecule is Cc1nc(C(=O)O)c2n1-c1ccc(Cl)cc1C(c1ccccc1Cl)=NC2. The van der Waals surface area contributed by atoms with E-state index in [2.05, 4.69) is 9.98 Å². The molecule has 1 N–H and O–H groups in total. The largest absolute Gasteiger partial charge is 0.476 e. The lowest BCUT2D eigenvalue weighted by atomic mass is 10.0. The summed E-state index contributed by atoms with van der Waals surface area (Å²) < 4.78 is 1.82. The van der Waals surface area contributed by atoms with E-state index in [4.69, 9.17) is 23.2 Å². The Bertz CT molecular complexity index is 1090. The first-order valence-corrected chi connectivity index (χ1v) is 8.64. The standard InChI is InChI=1S/C19H13Cl2N3O2/c1-10-23-18(19(25)26)16-9-22-17(12-4-2-3-5-14(12)21)13-8-11(20)6-7-15(13)24(10)16/h2-8H,9H2,1H3,(H,25,26). The molecule has 26 heavy (non-hydrogen) atoms. The highest BCUT2D eigenvalue weighted by Gasteiger charge is 2.27. The van der Waals surface area contributed by atoms with E-state index in [1.54, 1.807) is 19.1 Å². The van der Waals surface area contributed by atoms with Gasteiger partial charge in [0.25, 0.3) is 0 Å². The molecule has 0 spiro atoms. The predicted molar refractivity (Wildman–Crippen MR) is 101 cm³/mol. The smallest absolute Gasteiger partial charge is 0.356 e. The Labute approximate surface area is 159 Å². The van der Waals surface area contributed by atoms with Crippen molar-refractivity contribution in [3.05, 3.63) is 80.8 Å². The van der Waals surface area contributed by atoms with Crippen molar-refractivity contribution in [2.24, 2.45) is 4.99 Å². The molecule has 0 aliphatic carbocycles. The van der Waals surface area contributed by atoms with Crippen LogP contribution in [-0.2, 0) is 6.54 Å². The molecule has 4 rings (SSSR count). The van der Waals surface area contributed by atoms with E-state index in [0.717, 1.165) is 16.8 Å². The summed E-state index contributed by atoms with van der Waals surface area (Å²) in [7, 11) is 0. The third-order valence-corrected chi connectivity index (χ3v) is 4.88. The van der Waals surface area contributed by atoms with Gasteiger partial charge in [0.15, 0.2) is 5.69 Å². The zero-order valence-corrected chi connectivity index (χ0v) is 15.2. The van der Waals surface area contributed by atoms with Gasteiger partial charge < -0.3 is 5.11 Å². The highest BCUT2D eigenvalue weighted by molar-refractivity contribution is 6.36. The fraction of sp³-hybridized carbons (Fsp3) is 0.105. The molecule has 1 aliphatic heterocycles. The number of carbonyl (C=O) groups is 1. The lowest BCUT2D eigenvalue weighted by Crippen LogP contribution is -2.09. The topological polar surface area (TPSA) is 67.5 Å². The molecule has 1 aliphatic rings. The normalized spacial score (nSPS) is 12.8. The van der Waals surface area contributed by atoms with Gasteiger partial charge in [-0.25, -0.2) is 9.78 Å². The maximum atomic E-state index is 11.6. The number of rotatable bonds is 2. The molecular weight excluding hydrogens is 373 g/mol. The number of carboxylic acid groups (broad SMARTS) is 1. The quantitative estimate of drug-likeness (QED) is 0.703. The van der Waals surface area contributed by atoms with Gasteiger partial charge in [-0.1, -0.05) is 41.4 Å². The highest BCUT2D eigenvalue weighted by Crippen LogP contribution is 2.31. The summed E-state index contributed by atoms with van der Waals surface area (Å²) in [5.74, 6) is -0.495. The van der Waals surface area contributed by atoms with Crippen molar-refractivity contribution in [2.45, 2.75) is 13.5 Å². The number of nitrogens with zero attached hydrogens (tertiary/aromatic N) is 3. The molecule has 0 saturated heterocycles. The molecule has 0 amide bonds. The highest BCUT2D eigenvalue weighted by atomic mass is 35.5. The van der Waals surface area contributed by atoms with Crippen LogP contribution in [0, 0.1) is 6.92 Å². The maximum absolute atomic E-state index is 11.6. The fourth-order valence-electron chi connectivity index (χ4n) is 3.23. The van der Waals surface area contributed by atoms with Crippen molar-refractivity contribution in [1.82, 2.24) is 9.55 Å². The van der Waals surface area contributed by atoms with Crippen molar-refractivity contribution in [3.8, 4) is 5.69 Å². The van der Waals surface area contributed by atoms with Crippen LogP contribution in [0.15, 0.2) is 47.5 Å². The maximum Gasteiger partial charge on any atom is 0.356 e. The number of imidazole rings is 1. The van der Waals surface area contributed by atoms with Gasteiger partial charge in [-0.3, -0.25) is 9.56 Å². The van der Waals surface area contributed by atoms with Crippen molar-refractivity contribution in [2.75, 3.05) is 0 Å². The van der Waals surface area contributed by atoms with Crippen LogP contribution < -0.4 is 0 Å². The van der Waals surface area contributed by atoms with Crippen LogP contribution >= 0.6 is 23.2 Å². The summed E-state index contributed by atoms with van der Waals surface area (Å²) in [6.45, 7) is 1.95. The van der Waals surface area contributed by atoms with Gasteiger partial charge in [-0.15, -0.1) is 0 Å². The Morgan fingerprint density at radius 2 is 1.92 bits per heavy atom. The first-order chi connectivity index (χ1) is 12.5. The lowest BCUT2D eigenvalue weighted by molar-refractivity contribution is 0.0689. The number of aromatic carboxylic acids is 1. The van der Waals surface area contributed by atoms with Gasteiger partial charge in [-0.2, -0.15) is 0 Å². The molecule has 0 unspecified atom stereocenters. The second kappa shape index (κ2) is 6.27. The Kier molecular flexibility index (Phi) is 4.05. The minimum absolute atomic E-state index is 0.00700. The van der Waals surface area contributed by atoms with Crippen LogP contribution in [0.1, 0.15) is 33.1 Å². The number of hydrogen-bond donors (Lipinski definition) is 1. The second-order valence-corrected chi connectivity index (χ2v) is 6.74. The minimum Gasteiger partial charge on any atom is -0.476 e. The summed E-state index contributed by atoms with van der Waals surface area (Å²) in [6.07, 6.45) is 0. The molecule has 0 atom stereocenters. The fourth-order valence-corrected chi connectivity index (χ4v) is 3.63. The van der Waals surface area contributed by atoms with Crippen LogP contribution in [-0.4, -0.2) is 26.3 Å². The number of aliphatic imine (C=N–C) groups is 1. The summed E-state index contributed by atoms with van der Waals surface area (Å²) in [5.41, 5.74) is 3.53. The number of carboxylic acids is 1. The molecule has 0 radical (unpaired) electrons. The van der Waals surface area contributed by atoms with E-state index >= 15 is 0 Å². The van der Waals surface area contributed by atoms with E-state index in [1.165, 1.54) is 0 Å². The molecule has 0 bridgehead atoms. The van der Waals surface area contributed by atoms with Gasteiger partial charge in [0, 0.05) is 21.2 Å². The number of halogens is 2. The Hall–Kier alpha value is -2.63. The molecule has 0 saturated carbocycles. The van der Waals surface area contributed by atoms with Gasteiger partial charge in [-0.05, 0) is 31.2 Å². The first-order valence-electron chi connectivity index (χ1n) is 7.88. The summed E-state index contributed by atoms with van der Waals surface area (Å²) >= 11 is 12.6. The van der Waals surface area contributed by atoms with Crippen molar-refractivity contribution in [3.63, 3.8) is 0 Å². The zero-order chi connectivity index (χ0) is 18.4. The zero-order valence-electron chi connectivity index (χ0n) is 13.7. The van der Waals surface area contributed by atoms with Crippen LogP contribution in [0.2, 0.25) is 10.0 Å². The average molecular weight is 386 g/mol. The summed E-state index contributed by atoms with van der Waals surface area (Å²) in [6, 6.07) is 12.8. The number of benzene rings is 2. The van der Waals surface area contributed by atoms with Gasteiger partial charge >= 0.3 is 5.97 Å². The second-order valence-electron chi connectivity index (χ2n) is 5.90. The van der Waals surface area contributed by atoms with E-state index < -0.39 is 5.97 Å². The lowest BCUT2D eigenvalue weighted by Gasteiger charge is -2.14. The Balaban J connectivity index is 2.05. The van der Waals surface area contributed by atoms with Crippen LogP contribution in [0.3, 0.4) is 0 Å². The van der Waals surface area contributed by atoms with Crippen LogP contribution in [0.25, 0.3) is 5.69 Å². The van der Waals surface area contributed by atoms with Gasteiger partial charge in [0.2, 0.25) is 0 Å². The molecule has 7 heteroatoms. The molecule has 2 aromatic carbocycles. The minimum atomic E-state index is -1.08. The monoisotopic (exact) mass is 385 g/mol. The molecule has 3 aromatic rings. The van der Waals surface area contributed by atoms with Crippen LogP contribution in [0.5, 0.6) is 0 Å². The number of aromatic nitrogens is 2. The summed E-state index contributed by atoms with van der Waals surface area (Å²) in [4.78, 5) is 20.5. The van der Waals surface area contributed by atoms with E-state index in [1.807, 2.05) is 34.9 Å². The van der Waals surface area contributed by atoms with Crippen molar-refractivity contribution < 1.29 is 9.90 Å². The van der Waals surface area contributed by atoms with Crippen molar-refractivity contribution in [1.29, 1.82) is 0 Å². The number of hydrogen-bond acceptors (Lipinski definition) is 3. The molecule has 130 valence electrons. The number of aryl methyl sites for hydroxylation is 1. The van der Waals surface area contributed by atoms with Gasteiger partial charge in [0.05, 0.1) is 23.6 Å². The predicted octanol–water partition coefficient (Wildman–Crippen LogP) is 4.54. The average Bonchev–Trinajstić information content (AvgIpc) is 2.84. The Morgan fingerprint density at radius 1 is 1.15 bits per heavy atom. The molecule has 5 nitrogen and oxygen atoms in total. The number of fused-ring (bicyclic) bond motifs is 3. The van der Waals surface area contributed by atoms with E-state index in [0.29, 0.717) is 27.3 Å². The Morgan fingerprint density at radius 3 is 2.65 bits per heavy atom. The molecular formula is C19H13Cl2N3O2. The third kappa shape index (κ3) is 2.60. The van der Waals surface area contributed by atoms with E-state index in [-0.39, 0.29) is 12.2 Å². The van der Waals surface area contributed by atoms with Crippen molar-refractivity contribution >= 4 is 34.9 Å².